The molecule has 0 aliphatic rings. The minimum atomic E-state index is -0.140. The molecule has 0 aliphatic carbocycles. The molecule has 4 rings (SSSR count). The van der Waals surface area contributed by atoms with Crippen molar-refractivity contribution < 1.29 is 9.53 Å². The Morgan fingerprint density at radius 3 is 2.73 bits per heavy atom. The zero-order valence-electron chi connectivity index (χ0n) is 14.2. The molecule has 26 heavy (non-hydrogen) atoms. The topological polar surface area (TPSA) is 55.6 Å². The van der Waals surface area contributed by atoms with E-state index in [1.54, 1.807) is 7.11 Å². The van der Waals surface area contributed by atoms with Gasteiger partial charge in [-0.25, -0.2) is 4.98 Å². The molecule has 1 N–H and O–H groups in total. The van der Waals surface area contributed by atoms with E-state index in [0.29, 0.717) is 12.2 Å². The number of ether oxygens (including phenoxy) is 1. The maximum atomic E-state index is 12.6. The average molecular weight is 363 g/mol. The van der Waals surface area contributed by atoms with Crippen LogP contribution in [0.25, 0.3) is 16.2 Å². The number of fused-ring (bicyclic) bond motifs is 1. The smallest absolute Gasteiger partial charge is 0.269 e. The van der Waals surface area contributed by atoms with Crippen molar-refractivity contribution in [1.82, 2.24) is 14.7 Å². The summed E-state index contributed by atoms with van der Waals surface area (Å²) in [5.41, 5.74) is 3.40. The fourth-order valence-electron chi connectivity index (χ4n) is 2.81. The molecule has 1 amide bonds. The van der Waals surface area contributed by atoms with Crippen LogP contribution in [0.2, 0.25) is 0 Å². The van der Waals surface area contributed by atoms with Crippen molar-refractivity contribution in [2.45, 2.75) is 6.54 Å². The van der Waals surface area contributed by atoms with Crippen LogP contribution < -0.4 is 10.1 Å². The number of imidazole rings is 1. The highest BCUT2D eigenvalue weighted by molar-refractivity contribution is 7.15. The van der Waals surface area contributed by atoms with Crippen molar-refractivity contribution in [3.63, 3.8) is 0 Å². The molecular formula is C20H17N3O2S. The summed E-state index contributed by atoms with van der Waals surface area (Å²) in [6, 6.07) is 17.6. The number of aromatic nitrogens is 2. The van der Waals surface area contributed by atoms with Gasteiger partial charge in [0.05, 0.1) is 12.8 Å². The Bertz CT molecular complexity index is 1050. The third-order valence-electron chi connectivity index (χ3n) is 4.14. The van der Waals surface area contributed by atoms with Gasteiger partial charge < -0.3 is 10.1 Å². The first-order valence-electron chi connectivity index (χ1n) is 8.18. The molecule has 0 unspecified atom stereocenters. The van der Waals surface area contributed by atoms with Crippen LogP contribution in [0.4, 0.5) is 0 Å². The summed E-state index contributed by atoms with van der Waals surface area (Å²) >= 11 is 1.45. The first-order valence-corrected chi connectivity index (χ1v) is 9.06. The van der Waals surface area contributed by atoms with E-state index in [1.165, 1.54) is 11.3 Å². The Labute approximate surface area is 154 Å². The van der Waals surface area contributed by atoms with Crippen LogP contribution in [-0.4, -0.2) is 22.4 Å². The van der Waals surface area contributed by atoms with Crippen molar-refractivity contribution in [1.29, 1.82) is 0 Å². The summed E-state index contributed by atoms with van der Waals surface area (Å²) in [6.07, 6.45) is 1.90. The molecule has 2 aromatic carbocycles. The highest BCUT2D eigenvalue weighted by Gasteiger charge is 2.15. The number of hydrogen-bond donors (Lipinski definition) is 1. The molecule has 6 heteroatoms. The molecule has 0 atom stereocenters. The van der Waals surface area contributed by atoms with E-state index in [9.17, 15) is 4.79 Å². The molecule has 0 radical (unpaired) electrons. The standard InChI is InChI=1S/C20H17N3O2S/c1-25-18-10-6-5-9-15(18)11-21-19(24)17-13-26-20-22-16(12-23(17)20)14-7-3-2-4-8-14/h2-10,12-13H,11H2,1H3,(H,21,24). The first kappa shape index (κ1) is 16.4. The van der Waals surface area contributed by atoms with Crippen molar-refractivity contribution in [3.05, 3.63) is 77.4 Å². The number of hydrogen-bond acceptors (Lipinski definition) is 4. The molecule has 0 saturated carbocycles. The fourth-order valence-corrected chi connectivity index (χ4v) is 3.66. The van der Waals surface area contributed by atoms with Crippen molar-refractivity contribution in [3.8, 4) is 17.0 Å². The van der Waals surface area contributed by atoms with E-state index < -0.39 is 0 Å². The largest absolute Gasteiger partial charge is 0.496 e. The number of benzene rings is 2. The molecule has 0 bridgehead atoms. The van der Waals surface area contributed by atoms with Gasteiger partial charge in [-0.15, -0.1) is 11.3 Å². The van der Waals surface area contributed by atoms with Gasteiger partial charge in [0, 0.05) is 29.2 Å². The van der Waals surface area contributed by atoms with Crippen LogP contribution >= 0.6 is 11.3 Å². The summed E-state index contributed by atoms with van der Waals surface area (Å²) < 4.78 is 7.16. The molecule has 130 valence electrons. The normalized spacial score (nSPS) is 10.8. The van der Waals surface area contributed by atoms with Gasteiger partial charge in [0.1, 0.15) is 11.4 Å². The summed E-state index contributed by atoms with van der Waals surface area (Å²) in [5.74, 6) is 0.622. The minimum Gasteiger partial charge on any atom is -0.496 e. The molecule has 2 aromatic heterocycles. The van der Waals surface area contributed by atoms with Gasteiger partial charge in [-0.3, -0.25) is 9.20 Å². The number of methoxy groups -OCH3 is 1. The van der Waals surface area contributed by atoms with Crippen molar-refractivity contribution >= 4 is 22.2 Å². The molecule has 0 saturated heterocycles. The lowest BCUT2D eigenvalue weighted by Crippen LogP contribution is -2.24. The van der Waals surface area contributed by atoms with Crippen LogP contribution in [-0.2, 0) is 6.54 Å². The van der Waals surface area contributed by atoms with Crippen LogP contribution in [0.15, 0.2) is 66.2 Å². The number of nitrogens with one attached hydrogen (secondary N) is 1. The second kappa shape index (κ2) is 7.01. The maximum Gasteiger partial charge on any atom is 0.269 e. The van der Waals surface area contributed by atoms with E-state index in [-0.39, 0.29) is 5.91 Å². The third kappa shape index (κ3) is 3.07. The van der Waals surface area contributed by atoms with E-state index >= 15 is 0 Å². The quantitative estimate of drug-likeness (QED) is 0.583. The highest BCUT2D eigenvalue weighted by Crippen LogP contribution is 2.24. The number of rotatable bonds is 5. The Kier molecular flexibility index (Phi) is 4.41. The Balaban J connectivity index is 1.56. The predicted molar refractivity (Wildman–Crippen MR) is 103 cm³/mol. The molecule has 0 aliphatic heterocycles. The van der Waals surface area contributed by atoms with Gasteiger partial charge in [0.2, 0.25) is 0 Å². The van der Waals surface area contributed by atoms with Crippen LogP contribution in [0.1, 0.15) is 16.1 Å². The monoisotopic (exact) mass is 363 g/mol. The Morgan fingerprint density at radius 1 is 1.15 bits per heavy atom. The van der Waals surface area contributed by atoms with Crippen molar-refractivity contribution in [2.24, 2.45) is 0 Å². The van der Waals surface area contributed by atoms with E-state index in [2.05, 4.69) is 10.3 Å². The van der Waals surface area contributed by atoms with Gasteiger partial charge in [0.15, 0.2) is 4.96 Å². The summed E-state index contributed by atoms with van der Waals surface area (Å²) in [7, 11) is 1.62. The number of para-hydroxylation sites is 1. The number of carbonyl (C=O) groups is 1. The van der Waals surface area contributed by atoms with Crippen molar-refractivity contribution in [2.75, 3.05) is 7.11 Å². The lowest BCUT2D eigenvalue weighted by molar-refractivity contribution is 0.0945. The van der Waals surface area contributed by atoms with Gasteiger partial charge in [0.25, 0.3) is 5.91 Å². The maximum absolute atomic E-state index is 12.6. The third-order valence-corrected chi connectivity index (χ3v) is 4.98. The predicted octanol–water partition coefficient (Wildman–Crippen LogP) is 4.00. The van der Waals surface area contributed by atoms with Crippen LogP contribution in [0.3, 0.4) is 0 Å². The Morgan fingerprint density at radius 2 is 1.92 bits per heavy atom. The van der Waals surface area contributed by atoms with Crippen LogP contribution in [0, 0.1) is 0 Å². The lowest BCUT2D eigenvalue weighted by Gasteiger charge is -2.09. The summed E-state index contributed by atoms with van der Waals surface area (Å²) in [6.45, 7) is 0.403. The molecule has 4 aromatic rings. The lowest BCUT2D eigenvalue weighted by atomic mass is 10.2. The van der Waals surface area contributed by atoms with Gasteiger partial charge in [-0.2, -0.15) is 0 Å². The SMILES string of the molecule is COc1ccccc1CNC(=O)c1csc2nc(-c3ccccc3)cn12. The van der Waals surface area contributed by atoms with E-state index in [0.717, 1.165) is 27.5 Å². The number of thiazole rings is 1. The second-order valence-electron chi connectivity index (χ2n) is 5.76. The van der Waals surface area contributed by atoms with E-state index in [1.807, 2.05) is 70.6 Å². The van der Waals surface area contributed by atoms with Gasteiger partial charge in [-0.05, 0) is 6.07 Å². The molecule has 2 heterocycles. The number of carbonyl (C=O) groups excluding carboxylic acids is 1. The number of nitrogens with zero attached hydrogens (tertiary/aromatic N) is 2. The summed E-state index contributed by atoms with van der Waals surface area (Å²) in [4.78, 5) is 18.1. The molecule has 0 fully saturated rings. The van der Waals surface area contributed by atoms with E-state index in [4.69, 9.17) is 4.74 Å². The second-order valence-corrected chi connectivity index (χ2v) is 6.60. The molecular weight excluding hydrogens is 346 g/mol. The molecule has 5 nitrogen and oxygen atoms in total. The molecule has 0 spiro atoms. The van der Waals surface area contributed by atoms with Crippen LogP contribution in [0.5, 0.6) is 5.75 Å². The zero-order chi connectivity index (χ0) is 17.9. The number of amides is 1. The fraction of sp³-hybridized carbons (Fsp3) is 0.100. The van der Waals surface area contributed by atoms with Gasteiger partial charge >= 0.3 is 0 Å². The highest BCUT2D eigenvalue weighted by atomic mass is 32.1. The first-order chi connectivity index (χ1) is 12.8. The summed E-state index contributed by atoms with van der Waals surface area (Å²) in [5, 5.41) is 4.78. The zero-order valence-corrected chi connectivity index (χ0v) is 15.0. The average Bonchev–Trinajstić information content (AvgIpc) is 3.28. The minimum absolute atomic E-state index is 0.140. The Hall–Kier alpha value is -3.12. The van der Waals surface area contributed by atoms with Gasteiger partial charge in [-0.1, -0.05) is 48.5 Å².